The van der Waals surface area contributed by atoms with Gasteiger partial charge in [-0.3, -0.25) is 9.79 Å². The Balaban J connectivity index is 2.48. The summed E-state index contributed by atoms with van der Waals surface area (Å²) in [5.74, 6) is 0.901. The molecule has 0 saturated carbocycles. The Kier molecular flexibility index (Phi) is 5.19. The van der Waals surface area contributed by atoms with Gasteiger partial charge >= 0.3 is 7.82 Å². The highest BCUT2D eigenvalue weighted by Crippen LogP contribution is 2.37. The maximum atomic E-state index is 10.6. The van der Waals surface area contributed by atoms with E-state index in [1.165, 1.54) is 6.42 Å². The van der Waals surface area contributed by atoms with Gasteiger partial charge < -0.3 is 4.52 Å². The summed E-state index contributed by atoms with van der Waals surface area (Å²) in [6, 6.07) is 6.85. The number of phosphoric acid groups is 1. The highest BCUT2D eigenvalue weighted by molar-refractivity contribution is 7.46. The van der Waals surface area contributed by atoms with Crippen LogP contribution in [-0.4, -0.2) is 9.79 Å². The zero-order valence-electron chi connectivity index (χ0n) is 10.2. The molecule has 0 amide bonds. The Labute approximate surface area is 102 Å². The quantitative estimate of drug-likeness (QED) is 0.769. The number of hydrogen-bond donors (Lipinski definition) is 2. The molecule has 0 bridgehead atoms. The second-order valence-corrected chi connectivity index (χ2v) is 5.68. The van der Waals surface area contributed by atoms with Crippen LogP contribution >= 0.6 is 7.82 Å². The van der Waals surface area contributed by atoms with Crippen molar-refractivity contribution in [2.75, 3.05) is 0 Å². The largest absolute Gasteiger partial charge is 0.524 e. The average molecular weight is 258 g/mol. The van der Waals surface area contributed by atoms with Crippen LogP contribution in [0.5, 0.6) is 5.75 Å². The topological polar surface area (TPSA) is 66.8 Å². The predicted molar refractivity (Wildman–Crippen MR) is 66.9 cm³/mol. The second kappa shape index (κ2) is 6.20. The maximum absolute atomic E-state index is 10.6. The van der Waals surface area contributed by atoms with Crippen molar-refractivity contribution in [2.45, 2.75) is 33.1 Å². The summed E-state index contributed by atoms with van der Waals surface area (Å²) in [5, 5.41) is 0. The minimum atomic E-state index is -4.44. The highest BCUT2D eigenvalue weighted by Gasteiger charge is 2.15. The van der Waals surface area contributed by atoms with E-state index in [2.05, 4.69) is 18.4 Å². The molecule has 0 aliphatic carbocycles. The monoisotopic (exact) mass is 258 g/mol. The van der Waals surface area contributed by atoms with Gasteiger partial charge in [-0.05, 0) is 36.5 Å². The summed E-state index contributed by atoms with van der Waals surface area (Å²) in [7, 11) is -4.44. The van der Waals surface area contributed by atoms with Gasteiger partial charge in [-0.25, -0.2) is 4.57 Å². The first-order valence-electron chi connectivity index (χ1n) is 5.71. The van der Waals surface area contributed by atoms with Gasteiger partial charge in [0.25, 0.3) is 0 Å². The molecule has 1 rings (SSSR count). The zero-order valence-corrected chi connectivity index (χ0v) is 11.1. The fourth-order valence-electron chi connectivity index (χ4n) is 1.57. The second-order valence-electron chi connectivity index (χ2n) is 4.51. The molecular formula is C12H19O4P. The van der Waals surface area contributed by atoms with Crippen molar-refractivity contribution in [3.8, 4) is 5.75 Å². The minimum absolute atomic E-state index is 0.200. The normalized spacial score (nSPS) is 11.8. The summed E-state index contributed by atoms with van der Waals surface area (Å²) in [5.41, 5.74) is 1.16. The smallest absolute Gasteiger partial charge is 0.404 e. The Morgan fingerprint density at radius 1 is 1.24 bits per heavy atom. The molecule has 5 heteroatoms. The number of rotatable bonds is 6. The number of phosphoric ester groups is 1. The molecule has 0 unspecified atom stereocenters. The van der Waals surface area contributed by atoms with Crippen LogP contribution in [0, 0.1) is 5.92 Å². The molecule has 2 N–H and O–H groups in total. The average Bonchev–Trinajstić information content (AvgIpc) is 2.18. The molecule has 0 fully saturated rings. The molecule has 0 aliphatic heterocycles. The van der Waals surface area contributed by atoms with E-state index >= 15 is 0 Å². The minimum Gasteiger partial charge on any atom is -0.404 e. The maximum Gasteiger partial charge on any atom is 0.524 e. The van der Waals surface area contributed by atoms with E-state index in [0.29, 0.717) is 5.92 Å². The van der Waals surface area contributed by atoms with Crippen molar-refractivity contribution < 1.29 is 18.9 Å². The van der Waals surface area contributed by atoms with Gasteiger partial charge in [-0.2, -0.15) is 0 Å². The molecule has 0 atom stereocenters. The molecule has 96 valence electrons. The van der Waals surface area contributed by atoms with Gasteiger partial charge in [0.05, 0.1) is 0 Å². The van der Waals surface area contributed by atoms with Gasteiger partial charge in [0.15, 0.2) is 0 Å². The third kappa shape index (κ3) is 6.47. The fraction of sp³-hybridized carbons (Fsp3) is 0.500. The lowest BCUT2D eigenvalue weighted by molar-refractivity contribution is 0.283. The van der Waals surface area contributed by atoms with Crippen LogP contribution < -0.4 is 4.52 Å². The highest BCUT2D eigenvalue weighted by atomic mass is 31.2. The summed E-state index contributed by atoms with van der Waals surface area (Å²) in [6.45, 7) is 4.38. The van der Waals surface area contributed by atoms with Crippen molar-refractivity contribution in [3.63, 3.8) is 0 Å². The molecule has 1 aromatic carbocycles. The molecule has 0 heterocycles. The van der Waals surface area contributed by atoms with Crippen molar-refractivity contribution in [1.29, 1.82) is 0 Å². The van der Waals surface area contributed by atoms with E-state index in [4.69, 9.17) is 9.79 Å². The van der Waals surface area contributed by atoms with Crippen molar-refractivity contribution in [1.82, 2.24) is 0 Å². The molecular weight excluding hydrogens is 239 g/mol. The molecule has 0 radical (unpaired) electrons. The van der Waals surface area contributed by atoms with Gasteiger partial charge in [0.2, 0.25) is 0 Å². The first kappa shape index (κ1) is 14.2. The lowest BCUT2D eigenvalue weighted by Gasteiger charge is -2.08. The Hall–Kier alpha value is -0.830. The van der Waals surface area contributed by atoms with E-state index < -0.39 is 7.82 Å². The number of benzene rings is 1. The Morgan fingerprint density at radius 2 is 1.82 bits per heavy atom. The SMILES string of the molecule is CC(C)CCCc1ccc(OP(=O)(O)O)cc1. The third-order valence-electron chi connectivity index (χ3n) is 2.39. The van der Waals surface area contributed by atoms with E-state index in [0.717, 1.165) is 18.4 Å². The van der Waals surface area contributed by atoms with E-state index in [1.54, 1.807) is 12.1 Å². The summed E-state index contributed by atoms with van der Waals surface area (Å²) < 4.78 is 15.1. The van der Waals surface area contributed by atoms with Crippen molar-refractivity contribution in [2.24, 2.45) is 5.92 Å². The molecule has 17 heavy (non-hydrogen) atoms. The van der Waals surface area contributed by atoms with Crippen molar-refractivity contribution in [3.05, 3.63) is 29.8 Å². The van der Waals surface area contributed by atoms with Crippen LogP contribution in [0.3, 0.4) is 0 Å². The fourth-order valence-corrected chi connectivity index (χ4v) is 1.97. The van der Waals surface area contributed by atoms with Gasteiger partial charge in [-0.1, -0.05) is 32.4 Å². The summed E-state index contributed by atoms with van der Waals surface area (Å²) >= 11 is 0. The first-order chi connectivity index (χ1) is 7.87. The van der Waals surface area contributed by atoms with Gasteiger partial charge in [0.1, 0.15) is 5.75 Å². The van der Waals surface area contributed by atoms with Crippen LogP contribution in [0.2, 0.25) is 0 Å². The van der Waals surface area contributed by atoms with Crippen LogP contribution in [0.15, 0.2) is 24.3 Å². The molecule has 0 aliphatic rings. The van der Waals surface area contributed by atoms with E-state index in [1.807, 2.05) is 12.1 Å². The summed E-state index contributed by atoms with van der Waals surface area (Å²) in [4.78, 5) is 17.3. The Morgan fingerprint density at radius 3 is 2.29 bits per heavy atom. The zero-order chi connectivity index (χ0) is 12.9. The molecule has 1 aromatic rings. The molecule has 0 aromatic heterocycles. The number of aryl methyl sites for hydroxylation is 1. The van der Waals surface area contributed by atoms with E-state index in [-0.39, 0.29) is 5.75 Å². The number of hydrogen-bond acceptors (Lipinski definition) is 2. The summed E-state index contributed by atoms with van der Waals surface area (Å²) in [6.07, 6.45) is 3.28. The molecule has 0 saturated heterocycles. The van der Waals surface area contributed by atoms with Gasteiger partial charge in [-0.15, -0.1) is 0 Å². The first-order valence-corrected chi connectivity index (χ1v) is 7.24. The van der Waals surface area contributed by atoms with Crippen molar-refractivity contribution >= 4 is 7.82 Å². The van der Waals surface area contributed by atoms with Gasteiger partial charge in [0, 0.05) is 0 Å². The molecule has 0 spiro atoms. The Bertz CT molecular complexity index is 380. The van der Waals surface area contributed by atoms with E-state index in [9.17, 15) is 4.57 Å². The van der Waals surface area contributed by atoms with Crippen LogP contribution in [0.1, 0.15) is 32.3 Å². The third-order valence-corrected chi connectivity index (χ3v) is 2.84. The molecule has 4 nitrogen and oxygen atoms in total. The van der Waals surface area contributed by atoms with Crippen LogP contribution in [0.25, 0.3) is 0 Å². The standard InChI is InChI=1S/C12H19O4P/c1-10(2)4-3-5-11-6-8-12(9-7-11)16-17(13,14)15/h6-10H,3-5H2,1-2H3,(H2,13,14,15). The lowest BCUT2D eigenvalue weighted by atomic mass is 10.0. The van der Waals surface area contributed by atoms with Crippen LogP contribution in [-0.2, 0) is 11.0 Å². The van der Waals surface area contributed by atoms with Crippen LogP contribution in [0.4, 0.5) is 0 Å². The predicted octanol–water partition coefficient (Wildman–Crippen LogP) is 3.14. The lowest BCUT2D eigenvalue weighted by Crippen LogP contribution is -1.92.